The fourth-order valence-electron chi connectivity index (χ4n) is 5.00. The lowest BCUT2D eigenvalue weighted by Crippen LogP contribution is -2.26. The van der Waals surface area contributed by atoms with Crippen LogP contribution in [0.1, 0.15) is 111 Å². The van der Waals surface area contributed by atoms with Crippen molar-refractivity contribution < 1.29 is 9.59 Å². The van der Waals surface area contributed by atoms with Crippen molar-refractivity contribution in [1.29, 1.82) is 0 Å². The number of anilines is 1. The van der Waals surface area contributed by atoms with Crippen LogP contribution in [0.15, 0.2) is 192 Å². The van der Waals surface area contributed by atoms with Gasteiger partial charge in [0.2, 0.25) is 5.91 Å². The number of benzene rings is 6. The van der Waals surface area contributed by atoms with Crippen molar-refractivity contribution in [3.63, 3.8) is 0 Å². The quantitative estimate of drug-likeness (QED) is 0.0895. The fraction of sp³-hybridized carbons (Fsp3) is 0.273. The molecule has 0 bridgehead atoms. The van der Waals surface area contributed by atoms with Gasteiger partial charge in [-0.15, -0.1) is 0 Å². The number of rotatable bonds is 11. The Morgan fingerprint density at radius 3 is 0.968 bits per heavy atom. The molecule has 3 amide bonds. The van der Waals surface area contributed by atoms with Gasteiger partial charge in [0.1, 0.15) is 0 Å². The van der Waals surface area contributed by atoms with Crippen LogP contribution in [-0.2, 0) is 24.1 Å². The van der Waals surface area contributed by atoms with Crippen LogP contribution < -0.4 is 16.2 Å². The smallest absolute Gasteiger partial charge is 0.307 e. The topological polar surface area (TPSA) is 95.0 Å². The molecule has 0 aliphatic heterocycles. The highest BCUT2D eigenvalue weighted by Gasteiger charge is 2.09. The summed E-state index contributed by atoms with van der Waals surface area (Å²) in [5, 5.41) is 11.5. The van der Waals surface area contributed by atoms with Crippen molar-refractivity contribution in [3.05, 3.63) is 210 Å². The molecule has 6 rings (SSSR count). The maximum atomic E-state index is 12.2. The van der Waals surface area contributed by atoms with Gasteiger partial charge < -0.3 is 5.32 Å². The van der Waals surface area contributed by atoms with E-state index in [2.05, 4.69) is 38.5 Å². The number of hydrogen-bond acceptors (Lipinski definition) is 4. The highest BCUT2D eigenvalue weighted by atomic mass is 16.2. The average molecular weight is 838 g/mol. The summed E-state index contributed by atoms with van der Waals surface area (Å²) in [6.07, 6.45) is 1.62. The largest absolute Gasteiger partial charge is 0.339 e. The molecule has 0 aliphatic carbocycles. The monoisotopic (exact) mass is 838 g/mol. The molecule has 0 fully saturated rings. The van der Waals surface area contributed by atoms with E-state index >= 15 is 0 Å². The van der Waals surface area contributed by atoms with Crippen molar-refractivity contribution in [2.24, 2.45) is 10.2 Å². The van der Waals surface area contributed by atoms with E-state index in [0.29, 0.717) is 19.3 Å². The van der Waals surface area contributed by atoms with Crippen LogP contribution in [0.2, 0.25) is 0 Å². The van der Waals surface area contributed by atoms with Gasteiger partial charge in [-0.3, -0.25) is 4.79 Å². The molecule has 3 N–H and O–H groups in total. The third kappa shape index (κ3) is 25.8. The molecule has 0 spiro atoms. The minimum atomic E-state index is -0.368. The molecule has 0 aliphatic rings. The molecule has 332 valence electrons. The predicted molar refractivity (Wildman–Crippen MR) is 271 cm³/mol. The van der Waals surface area contributed by atoms with Crippen LogP contribution >= 0.6 is 0 Å². The summed E-state index contributed by atoms with van der Waals surface area (Å²) in [6.45, 7) is 24.0. The van der Waals surface area contributed by atoms with E-state index in [-0.39, 0.29) is 11.9 Å². The second kappa shape index (κ2) is 41.1. The Labute approximate surface area is 375 Å². The van der Waals surface area contributed by atoms with Gasteiger partial charge in [0.05, 0.1) is 17.8 Å². The predicted octanol–water partition coefficient (Wildman–Crippen LogP) is 14.6. The fourth-order valence-corrected chi connectivity index (χ4v) is 5.00. The number of para-hydroxylation sites is 1. The number of carbonyl (C=O) groups excluding carboxylic acids is 2. The summed E-state index contributed by atoms with van der Waals surface area (Å²) in [7, 11) is 0. The Bertz CT molecular complexity index is 1810. The Morgan fingerprint density at radius 1 is 0.355 bits per heavy atom. The second-order valence-electron chi connectivity index (χ2n) is 11.3. The third-order valence-electron chi connectivity index (χ3n) is 7.49. The molecular formula is C55H75N5O2. The molecule has 0 saturated heterocycles. The lowest BCUT2D eigenvalue weighted by molar-refractivity contribution is -0.120. The van der Waals surface area contributed by atoms with Gasteiger partial charge in [0, 0.05) is 18.5 Å². The van der Waals surface area contributed by atoms with E-state index in [9.17, 15) is 9.59 Å². The zero-order valence-electron chi connectivity index (χ0n) is 39.7. The molecule has 0 saturated carbocycles. The highest BCUT2D eigenvalue weighted by molar-refractivity contribution is 6.03. The molecule has 0 heterocycles. The summed E-state index contributed by atoms with van der Waals surface area (Å²) in [4.78, 5) is 24.3. The molecule has 0 unspecified atom stereocenters. The summed E-state index contributed by atoms with van der Waals surface area (Å²) >= 11 is 0. The van der Waals surface area contributed by atoms with E-state index in [1.807, 2.05) is 253 Å². The molecule has 62 heavy (non-hydrogen) atoms. The van der Waals surface area contributed by atoms with Gasteiger partial charge in [0.15, 0.2) is 0 Å². The SMILES string of the molecule is CC.CC.CC.CC.CC.CC.O=C(Cc1ccccc1)N/N=C(/Cc1ccccc1)c1ccccc1.O=C(N/N=C(\Cc1ccccc1)c1ccccc1)Nc1ccccc1. The number of amides is 3. The van der Waals surface area contributed by atoms with E-state index in [4.69, 9.17) is 0 Å². The number of urea groups is 1. The van der Waals surface area contributed by atoms with Gasteiger partial charge in [-0.25, -0.2) is 15.6 Å². The third-order valence-corrected chi connectivity index (χ3v) is 7.49. The Balaban J connectivity index is 0. The lowest BCUT2D eigenvalue weighted by Gasteiger charge is -2.09. The Kier molecular flexibility index (Phi) is 38.2. The van der Waals surface area contributed by atoms with Crippen LogP contribution in [0.5, 0.6) is 0 Å². The average Bonchev–Trinajstić information content (AvgIpc) is 3.37. The minimum absolute atomic E-state index is 0.118. The standard InChI is InChI=1S/C22H20N2O.C21H19N3O.6C2H6/c25-22(17-19-12-6-2-7-13-19)24-23-21(20-14-8-3-9-15-20)16-18-10-4-1-5-11-18;25-21(22-19-14-8-3-9-15-19)24-23-20(18-12-6-2-7-13-18)16-17-10-4-1-5-11-17;6*1-2/h1-15H,16-17H2,(H,24,25);1-15H,16H2,(H2,22,24,25);6*1-2H3/b23-21-;23-20+;;;;;;. The Morgan fingerprint density at radius 2 is 0.629 bits per heavy atom. The maximum absolute atomic E-state index is 12.2. The van der Waals surface area contributed by atoms with Crippen molar-refractivity contribution in [2.45, 2.75) is 102 Å². The first-order valence-electron chi connectivity index (χ1n) is 22.4. The van der Waals surface area contributed by atoms with E-state index in [0.717, 1.165) is 44.9 Å². The van der Waals surface area contributed by atoms with E-state index < -0.39 is 0 Å². The molecule has 6 aromatic carbocycles. The number of nitrogens with one attached hydrogen (secondary N) is 3. The lowest BCUT2D eigenvalue weighted by atomic mass is 10.0. The molecule has 6 aromatic rings. The molecular weight excluding hydrogens is 763 g/mol. The van der Waals surface area contributed by atoms with Crippen molar-refractivity contribution >= 4 is 29.0 Å². The van der Waals surface area contributed by atoms with E-state index in [1.54, 1.807) is 0 Å². The molecule has 0 atom stereocenters. The summed E-state index contributed by atoms with van der Waals surface area (Å²) in [5.74, 6) is -0.118. The molecule has 0 radical (unpaired) electrons. The first-order chi connectivity index (χ1) is 30.6. The molecule has 0 aromatic heterocycles. The zero-order valence-corrected chi connectivity index (χ0v) is 39.7. The molecule has 7 heteroatoms. The van der Waals surface area contributed by atoms with Gasteiger partial charge in [0.25, 0.3) is 0 Å². The van der Waals surface area contributed by atoms with Gasteiger partial charge in [-0.2, -0.15) is 10.2 Å². The number of carbonyl (C=O) groups is 2. The van der Waals surface area contributed by atoms with Crippen LogP contribution in [0.25, 0.3) is 0 Å². The normalized spacial score (nSPS) is 9.48. The second-order valence-corrected chi connectivity index (χ2v) is 11.3. The summed E-state index contributed by atoms with van der Waals surface area (Å²) in [5.41, 5.74) is 12.9. The zero-order chi connectivity index (χ0) is 46.6. The van der Waals surface area contributed by atoms with E-state index in [1.165, 1.54) is 0 Å². The van der Waals surface area contributed by atoms with Crippen molar-refractivity contribution in [1.82, 2.24) is 10.9 Å². The van der Waals surface area contributed by atoms with Crippen LogP contribution in [0, 0.1) is 0 Å². The summed E-state index contributed by atoms with van der Waals surface area (Å²) < 4.78 is 0. The van der Waals surface area contributed by atoms with Gasteiger partial charge in [-0.1, -0.05) is 253 Å². The number of nitrogens with zero attached hydrogens (tertiary/aromatic N) is 2. The number of hydrogen-bond donors (Lipinski definition) is 3. The van der Waals surface area contributed by atoms with Crippen LogP contribution in [0.4, 0.5) is 10.5 Å². The molecule has 7 nitrogen and oxygen atoms in total. The van der Waals surface area contributed by atoms with Crippen LogP contribution in [-0.4, -0.2) is 23.4 Å². The first kappa shape index (κ1) is 57.5. The van der Waals surface area contributed by atoms with Crippen molar-refractivity contribution in [3.8, 4) is 0 Å². The highest BCUT2D eigenvalue weighted by Crippen LogP contribution is 2.11. The van der Waals surface area contributed by atoms with Crippen molar-refractivity contribution in [2.75, 3.05) is 5.32 Å². The maximum Gasteiger partial charge on any atom is 0.339 e. The first-order valence-corrected chi connectivity index (χ1v) is 22.4. The van der Waals surface area contributed by atoms with Gasteiger partial charge >= 0.3 is 6.03 Å². The van der Waals surface area contributed by atoms with Gasteiger partial charge in [-0.05, 0) is 39.9 Å². The number of hydrazone groups is 2. The summed E-state index contributed by atoms with van der Waals surface area (Å²) in [6, 6.07) is 58.5. The minimum Gasteiger partial charge on any atom is -0.307 e. The van der Waals surface area contributed by atoms with Crippen LogP contribution in [0.3, 0.4) is 0 Å². The Hall–Kier alpha value is -6.60.